The lowest BCUT2D eigenvalue weighted by Crippen LogP contribution is -2.28. The first-order valence-corrected chi connectivity index (χ1v) is 9.46. The summed E-state index contributed by atoms with van der Waals surface area (Å²) in [7, 11) is 0. The van der Waals surface area contributed by atoms with Gasteiger partial charge in [0.1, 0.15) is 0 Å². The van der Waals surface area contributed by atoms with E-state index in [0.717, 1.165) is 76.5 Å². The van der Waals surface area contributed by atoms with Gasteiger partial charge in [-0.2, -0.15) is 4.98 Å². The smallest absolute Gasteiger partial charge is 0.229 e. The van der Waals surface area contributed by atoms with Gasteiger partial charge in [0.25, 0.3) is 0 Å². The summed E-state index contributed by atoms with van der Waals surface area (Å²) in [6.07, 6.45) is 8.21. The van der Waals surface area contributed by atoms with Gasteiger partial charge in [0.05, 0.1) is 0 Å². The van der Waals surface area contributed by atoms with E-state index in [9.17, 15) is 4.79 Å². The van der Waals surface area contributed by atoms with Crippen LogP contribution in [0.1, 0.15) is 62.6 Å². The van der Waals surface area contributed by atoms with E-state index in [2.05, 4.69) is 15.0 Å². The van der Waals surface area contributed by atoms with Crippen LogP contribution in [0, 0.1) is 11.8 Å². The van der Waals surface area contributed by atoms with E-state index >= 15 is 0 Å². The van der Waals surface area contributed by atoms with Crippen LogP contribution in [0.4, 0.5) is 0 Å². The zero-order valence-electron chi connectivity index (χ0n) is 14.3. The molecule has 1 aliphatic carbocycles. The van der Waals surface area contributed by atoms with Crippen molar-refractivity contribution in [3.63, 3.8) is 0 Å². The number of hydrogen-bond acceptors (Lipinski definition) is 5. The van der Waals surface area contributed by atoms with Crippen molar-refractivity contribution in [1.29, 1.82) is 0 Å². The van der Waals surface area contributed by atoms with Crippen molar-refractivity contribution in [2.24, 2.45) is 11.8 Å². The van der Waals surface area contributed by atoms with E-state index < -0.39 is 0 Å². The summed E-state index contributed by atoms with van der Waals surface area (Å²) in [5, 5.41) is 4.15. The first-order valence-electron chi connectivity index (χ1n) is 9.46. The van der Waals surface area contributed by atoms with Crippen LogP contribution >= 0.6 is 0 Å². The molecule has 24 heavy (non-hydrogen) atoms. The van der Waals surface area contributed by atoms with Crippen molar-refractivity contribution < 1.29 is 14.1 Å². The van der Waals surface area contributed by atoms with Crippen LogP contribution in [-0.2, 0) is 16.0 Å². The molecule has 1 saturated carbocycles. The van der Waals surface area contributed by atoms with Crippen LogP contribution in [0.5, 0.6) is 0 Å². The SMILES string of the molecule is O=C(CC1CC1)N1CCC(CCc2noc(C3CCOCC3)n2)C1. The van der Waals surface area contributed by atoms with Gasteiger partial charge in [0, 0.05) is 45.1 Å². The van der Waals surface area contributed by atoms with Gasteiger partial charge in [0.2, 0.25) is 11.8 Å². The Hall–Kier alpha value is -1.43. The van der Waals surface area contributed by atoms with Gasteiger partial charge in [-0.15, -0.1) is 0 Å². The van der Waals surface area contributed by atoms with Crippen LogP contribution in [0.25, 0.3) is 0 Å². The number of hydrogen-bond donors (Lipinski definition) is 0. The number of amides is 1. The number of nitrogens with zero attached hydrogens (tertiary/aromatic N) is 3. The summed E-state index contributed by atoms with van der Waals surface area (Å²) in [4.78, 5) is 18.8. The maximum atomic E-state index is 12.2. The molecule has 2 aliphatic heterocycles. The molecule has 2 saturated heterocycles. The molecule has 0 bridgehead atoms. The summed E-state index contributed by atoms with van der Waals surface area (Å²) in [5.74, 6) is 3.58. The summed E-state index contributed by atoms with van der Waals surface area (Å²) in [6, 6.07) is 0. The molecule has 4 rings (SSSR count). The molecule has 3 heterocycles. The highest BCUT2D eigenvalue weighted by Gasteiger charge is 2.31. The zero-order valence-corrected chi connectivity index (χ0v) is 14.3. The van der Waals surface area contributed by atoms with Crippen LogP contribution < -0.4 is 0 Å². The second-order valence-corrected chi connectivity index (χ2v) is 7.62. The topological polar surface area (TPSA) is 68.5 Å². The summed E-state index contributed by atoms with van der Waals surface area (Å²) < 4.78 is 10.8. The number of aryl methyl sites for hydroxylation is 1. The highest BCUT2D eigenvalue weighted by atomic mass is 16.5. The van der Waals surface area contributed by atoms with E-state index in [1.165, 1.54) is 12.8 Å². The Bertz CT molecular complexity index is 564. The fourth-order valence-corrected chi connectivity index (χ4v) is 3.81. The van der Waals surface area contributed by atoms with Gasteiger partial charge in [-0.1, -0.05) is 5.16 Å². The number of aromatic nitrogens is 2. The Morgan fingerprint density at radius 2 is 1.96 bits per heavy atom. The summed E-state index contributed by atoms with van der Waals surface area (Å²) >= 11 is 0. The minimum absolute atomic E-state index is 0.362. The third-order valence-electron chi connectivity index (χ3n) is 5.63. The van der Waals surface area contributed by atoms with E-state index in [1.807, 2.05) is 0 Å². The Balaban J connectivity index is 1.22. The molecule has 1 amide bonds. The monoisotopic (exact) mass is 333 g/mol. The fraction of sp³-hybridized carbons (Fsp3) is 0.833. The molecule has 0 aromatic carbocycles. The molecule has 0 radical (unpaired) electrons. The fourth-order valence-electron chi connectivity index (χ4n) is 3.81. The van der Waals surface area contributed by atoms with E-state index in [4.69, 9.17) is 9.26 Å². The Labute approximate surface area is 142 Å². The lowest BCUT2D eigenvalue weighted by molar-refractivity contribution is -0.130. The first kappa shape index (κ1) is 16.1. The molecule has 3 fully saturated rings. The largest absolute Gasteiger partial charge is 0.381 e. The van der Waals surface area contributed by atoms with Gasteiger partial charge < -0.3 is 14.2 Å². The highest BCUT2D eigenvalue weighted by Crippen LogP contribution is 2.34. The van der Waals surface area contributed by atoms with Crippen molar-refractivity contribution >= 4 is 5.91 Å². The second-order valence-electron chi connectivity index (χ2n) is 7.62. The van der Waals surface area contributed by atoms with Crippen molar-refractivity contribution in [1.82, 2.24) is 15.0 Å². The van der Waals surface area contributed by atoms with Crippen LogP contribution in [0.3, 0.4) is 0 Å². The van der Waals surface area contributed by atoms with E-state index in [1.54, 1.807) is 0 Å². The minimum Gasteiger partial charge on any atom is -0.381 e. The number of rotatable bonds is 6. The molecule has 6 nitrogen and oxygen atoms in total. The van der Waals surface area contributed by atoms with Crippen molar-refractivity contribution in [3.05, 3.63) is 11.7 Å². The third-order valence-corrected chi connectivity index (χ3v) is 5.63. The number of ether oxygens (including phenoxy) is 1. The van der Waals surface area contributed by atoms with Crippen LogP contribution in [0.15, 0.2) is 4.52 Å². The minimum atomic E-state index is 0.362. The van der Waals surface area contributed by atoms with Crippen LogP contribution in [-0.4, -0.2) is 47.3 Å². The molecule has 1 unspecified atom stereocenters. The summed E-state index contributed by atoms with van der Waals surface area (Å²) in [5.41, 5.74) is 0. The predicted octanol–water partition coefficient (Wildman–Crippen LogP) is 2.54. The average molecular weight is 333 g/mol. The average Bonchev–Trinajstić information content (AvgIpc) is 3.13. The van der Waals surface area contributed by atoms with Crippen molar-refractivity contribution in [2.45, 2.75) is 57.3 Å². The third kappa shape index (κ3) is 3.97. The van der Waals surface area contributed by atoms with Crippen molar-refractivity contribution in [3.8, 4) is 0 Å². The Morgan fingerprint density at radius 3 is 2.75 bits per heavy atom. The molecule has 0 spiro atoms. The molecular formula is C18H27N3O3. The van der Waals surface area contributed by atoms with Gasteiger partial charge in [0.15, 0.2) is 5.82 Å². The van der Waals surface area contributed by atoms with Crippen molar-refractivity contribution in [2.75, 3.05) is 26.3 Å². The standard InChI is InChI=1S/C18H27N3O3/c22-17(11-13-1-2-13)21-8-5-14(12-21)3-4-16-19-18(24-20-16)15-6-9-23-10-7-15/h13-15H,1-12H2. The Morgan fingerprint density at radius 1 is 1.12 bits per heavy atom. The van der Waals surface area contributed by atoms with Gasteiger partial charge >= 0.3 is 0 Å². The van der Waals surface area contributed by atoms with Crippen LogP contribution in [0.2, 0.25) is 0 Å². The molecule has 1 atom stereocenters. The molecule has 0 N–H and O–H groups in total. The van der Waals surface area contributed by atoms with Gasteiger partial charge in [-0.05, 0) is 50.4 Å². The maximum absolute atomic E-state index is 12.2. The molecule has 3 aliphatic rings. The number of carbonyl (C=O) groups is 1. The zero-order chi connectivity index (χ0) is 16.4. The van der Waals surface area contributed by atoms with Gasteiger partial charge in [-0.3, -0.25) is 4.79 Å². The predicted molar refractivity (Wildman–Crippen MR) is 87.4 cm³/mol. The lowest BCUT2D eigenvalue weighted by Gasteiger charge is -2.18. The molecule has 6 heteroatoms. The molecule has 132 valence electrons. The summed E-state index contributed by atoms with van der Waals surface area (Å²) in [6.45, 7) is 3.41. The maximum Gasteiger partial charge on any atom is 0.229 e. The highest BCUT2D eigenvalue weighted by molar-refractivity contribution is 5.77. The lowest BCUT2D eigenvalue weighted by atomic mass is 10.0. The molecular weight excluding hydrogens is 306 g/mol. The quantitative estimate of drug-likeness (QED) is 0.800. The number of likely N-dealkylation sites (tertiary alicyclic amines) is 1. The normalized spacial score (nSPS) is 25.3. The van der Waals surface area contributed by atoms with E-state index in [-0.39, 0.29) is 0 Å². The number of carbonyl (C=O) groups excluding carboxylic acids is 1. The molecule has 1 aromatic heterocycles. The molecule has 1 aromatic rings. The first-order chi connectivity index (χ1) is 11.8. The van der Waals surface area contributed by atoms with E-state index in [0.29, 0.717) is 23.7 Å². The van der Waals surface area contributed by atoms with Gasteiger partial charge in [-0.25, -0.2) is 0 Å². The Kier molecular flexibility index (Phi) is 4.83. The second kappa shape index (κ2) is 7.21.